The lowest BCUT2D eigenvalue weighted by Gasteiger charge is -2.20. The minimum atomic E-state index is 0.250. The molecule has 134 valence electrons. The van der Waals surface area contributed by atoms with E-state index in [1.165, 1.54) is 5.56 Å². The highest BCUT2D eigenvalue weighted by Gasteiger charge is 2.23. The second-order valence-electron chi connectivity index (χ2n) is 6.70. The molecule has 0 radical (unpaired) electrons. The molecule has 0 bridgehead atoms. The van der Waals surface area contributed by atoms with Gasteiger partial charge in [-0.25, -0.2) is 14.6 Å². The predicted octanol–water partition coefficient (Wildman–Crippen LogP) is 1.86. The molecule has 0 saturated carbocycles. The molecule has 0 aliphatic heterocycles. The molecule has 1 aromatic carbocycles. The van der Waals surface area contributed by atoms with Crippen molar-refractivity contribution in [3.63, 3.8) is 0 Å². The fraction of sp³-hybridized carbons (Fsp3) is 0.211. The van der Waals surface area contributed by atoms with E-state index in [2.05, 4.69) is 43.6 Å². The molecule has 3 heterocycles. The van der Waals surface area contributed by atoms with Crippen molar-refractivity contribution in [3.8, 4) is 22.6 Å². The zero-order valence-corrected chi connectivity index (χ0v) is 14.9. The molecule has 1 aliphatic rings. The van der Waals surface area contributed by atoms with E-state index in [1.807, 2.05) is 31.6 Å². The summed E-state index contributed by atoms with van der Waals surface area (Å²) < 4.78 is 3.53. The first-order valence-electron chi connectivity index (χ1n) is 8.81. The Kier molecular flexibility index (Phi) is 3.49. The summed E-state index contributed by atoms with van der Waals surface area (Å²) in [5, 5.41) is 12.9. The molecule has 0 amide bonds. The smallest absolute Gasteiger partial charge is 0.221 e. The van der Waals surface area contributed by atoms with Gasteiger partial charge in [0.05, 0.1) is 24.1 Å². The van der Waals surface area contributed by atoms with Crippen LogP contribution in [0.3, 0.4) is 0 Å². The van der Waals surface area contributed by atoms with E-state index in [1.54, 1.807) is 9.36 Å². The molecule has 0 unspecified atom stereocenters. The summed E-state index contributed by atoms with van der Waals surface area (Å²) in [7, 11) is 1.89. The van der Waals surface area contributed by atoms with Crippen LogP contribution >= 0.6 is 0 Å². The molecule has 2 N–H and O–H groups in total. The van der Waals surface area contributed by atoms with Crippen LogP contribution in [0.15, 0.2) is 42.7 Å². The van der Waals surface area contributed by atoms with Gasteiger partial charge in [0.1, 0.15) is 11.4 Å². The van der Waals surface area contributed by atoms with Crippen LogP contribution < -0.4 is 5.73 Å². The summed E-state index contributed by atoms with van der Waals surface area (Å²) in [6.07, 6.45) is 5.60. The van der Waals surface area contributed by atoms with Crippen LogP contribution in [0.5, 0.6) is 0 Å². The monoisotopic (exact) mass is 358 g/mol. The fourth-order valence-corrected chi connectivity index (χ4v) is 3.60. The largest absolute Gasteiger partial charge is 0.368 e. The fourth-order valence-electron chi connectivity index (χ4n) is 3.60. The highest BCUT2D eigenvalue weighted by atomic mass is 15.4. The van der Waals surface area contributed by atoms with E-state index in [0.29, 0.717) is 12.2 Å². The molecule has 5 rings (SSSR count). The Morgan fingerprint density at radius 1 is 1.07 bits per heavy atom. The van der Waals surface area contributed by atoms with E-state index < -0.39 is 0 Å². The van der Waals surface area contributed by atoms with Crippen molar-refractivity contribution in [1.82, 2.24) is 34.7 Å². The van der Waals surface area contributed by atoms with Crippen LogP contribution in [0, 0.1) is 0 Å². The number of fused-ring (bicyclic) bond motifs is 3. The van der Waals surface area contributed by atoms with Gasteiger partial charge in [0.15, 0.2) is 0 Å². The molecule has 27 heavy (non-hydrogen) atoms. The van der Waals surface area contributed by atoms with Crippen molar-refractivity contribution in [2.75, 3.05) is 5.73 Å². The van der Waals surface area contributed by atoms with E-state index in [-0.39, 0.29) is 5.95 Å². The average molecular weight is 358 g/mol. The molecule has 8 heteroatoms. The van der Waals surface area contributed by atoms with Gasteiger partial charge in [0, 0.05) is 24.4 Å². The third kappa shape index (κ3) is 2.75. The maximum atomic E-state index is 6.02. The summed E-state index contributed by atoms with van der Waals surface area (Å²) in [4.78, 5) is 9.00. The number of hydrogen-bond acceptors (Lipinski definition) is 6. The molecule has 3 aromatic heterocycles. The van der Waals surface area contributed by atoms with Crippen molar-refractivity contribution >= 4 is 5.95 Å². The third-order valence-corrected chi connectivity index (χ3v) is 4.82. The number of aromatic nitrogens is 7. The third-order valence-electron chi connectivity index (χ3n) is 4.82. The number of benzene rings is 1. The maximum absolute atomic E-state index is 6.02. The van der Waals surface area contributed by atoms with Gasteiger partial charge in [-0.2, -0.15) is 5.10 Å². The van der Waals surface area contributed by atoms with Crippen molar-refractivity contribution in [1.29, 1.82) is 0 Å². The van der Waals surface area contributed by atoms with Crippen LogP contribution in [0.1, 0.15) is 16.8 Å². The van der Waals surface area contributed by atoms with Crippen LogP contribution in [-0.2, 0) is 26.4 Å². The minimum Gasteiger partial charge on any atom is -0.368 e. The molecular formula is C19H18N8. The van der Waals surface area contributed by atoms with Gasteiger partial charge in [-0.15, -0.1) is 5.10 Å². The standard InChI is InChI=1S/C19H18N8/c1-26-9-8-13(24-26)10-27-11-16(23-25-27)18-15-7-6-12-4-2-3-5-14(12)17(15)21-19(20)22-18/h2-5,8-9,11H,6-7,10H2,1H3,(H2,20,21,22). The zero-order chi connectivity index (χ0) is 18.4. The molecule has 0 saturated heterocycles. The summed E-state index contributed by atoms with van der Waals surface area (Å²) in [5.41, 5.74) is 12.8. The molecule has 0 fully saturated rings. The predicted molar refractivity (Wildman–Crippen MR) is 101 cm³/mol. The van der Waals surface area contributed by atoms with E-state index in [9.17, 15) is 0 Å². The van der Waals surface area contributed by atoms with Gasteiger partial charge in [-0.1, -0.05) is 29.5 Å². The van der Waals surface area contributed by atoms with Crippen molar-refractivity contribution in [2.45, 2.75) is 19.4 Å². The maximum Gasteiger partial charge on any atom is 0.221 e. The molecule has 4 aromatic rings. The first-order valence-corrected chi connectivity index (χ1v) is 8.81. The lowest BCUT2D eigenvalue weighted by molar-refractivity contribution is 0.624. The lowest BCUT2D eigenvalue weighted by Crippen LogP contribution is -2.11. The highest BCUT2D eigenvalue weighted by molar-refractivity contribution is 5.76. The zero-order valence-electron chi connectivity index (χ0n) is 14.9. The molecule has 1 aliphatic carbocycles. The van der Waals surface area contributed by atoms with Crippen LogP contribution in [0.25, 0.3) is 22.6 Å². The Bertz CT molecular complexity index is 1140. The summed E-state index contributed by atoms with van der Waals surface area (Å²) in [5.74, 6) is 0.250. The number of hydrogen-bond donors (Lipinski definition) is 1. The Morgan fingerprint density at radius 3 is 2.78 bits per heavy atom. The Balaban J connectivity index is 1.56. The van der Waals surface area contributed by atoms with Gasteiger partial charge in [-0.3, -0.25) is 4.68 Å². The Morgan fingerprint density at radius 2 is 1.93 bits per heavy atom. The summed E-state index contributed by atoms with van der Waals surface area (Å²) in [6, 6.07) is 10.3. The lowest BCUT2D eigenvalue weighted by atomic mass is 9.88. The van der Waals surface area contributed by atoms with Crippen molar-refractivity contribution < 1.29 is 0 Å². The van der Waals surface area contributed by atoms with Gasteiger partial charge in [0.25, 0.3) is 0 Å². The first kappa shape index (κ1) is 15.7. The SMILES string of the molecule is Cn1ccc(Cn2cc(-c3nc(N)nc4c3CCc3ccccc3-4)nn2)n1. The number of rotatable bonds is 3. The normalized spacial score (nSPS) is 12.6. The second kappa shape index (κ2) is 6.01. The summed E-state index contributed by atoms with van der Waals surface area (Å²) >= 11 is 0. The number of nitrogen functional groups attached to an aromatic ring is 1. The highest BCUT2D eigenvalue weighted by Crippen LogP contribution is 2.36. The van der Waals surface area contributed by atoms with Gasteiger partial charge >= 0.3 is 0 Å². The first-order chi connectivity index (χ1) is 13.2. The van der Waals surface area contributed by atoms with Gasteiger partial charge < -0.3 is 5.73 Å². The van der Waals surface area contributed by atoms with Gasteiger partial charge in [-0.05, 0) is 24.5 Å². The molecular weight excluding hydrogens is 340 g/mol. The number of anilines is 1. The van der Waals surface area contributed by atoms with Crippen LogP contribution in [-0.4, -0.2) is 34.7 Å². The van der Waals surface area contributed by atoms with E-state index in [0.717, 1.165) is 41.1 Å². The van der Waals surface area contributed by atoms with E-state index in [4.69, 9.17) is 5.73 Å². The van der Waals surface area contributed by atoms with E-state index >= 15 is 0 Å². The van der Waals surface area contributed by atoms with Crippen LogP contribution in [0.4, 0.5) is 5.95 Å². The van der Waals surface area contributed by atoms with Crippen molar-refractivity contribution in [2.24, 2.45) is 7.05 Å². The minimum absolute atomic E-state index is 0.250. The second-order valence-corrected chi connectivity index (χ2v) is 6.70. The molecule has 0 spiro atoms. The van der Waals surface area contributed by atoms with Crippen molar-refractivity contribution in [3.05, 3.63) is 59.5 Å². The number of nitrogens with two attached hydrogens (primary N) is 1. The molecule has 8 nitrogen and oxygen atoms in total. The molecule has 0 atom stereocenters. The average Bonchev–Trinajstić information content (AvgIpc) is 3.30. The topological polar surface area (TPSA) is 100 Å². The van der Waals surface area contributed by atoms with Gasteiger partial charge in [0.2, 0.25) is 5.95 Å². The number of aryl methyl sites for hydroxylation is 2. The Labute approximate surface area is 155 Å². The number of nitrogens with zero attached hydrogens (tertiary/aromatic N) is 7. The van der Waals surface area contributed by atoms with Crippen LogP contribution in [0.2, 0.25) is 0 Å². The quantitative estimate of drug-likeness (QED) is 0.600. The summed E-state index contributed by atoms with van der Waals surface area (Å²) in [6.45, 7) is 0.555. The Hall–Kier alpha value is -3.55.